The SMILES string of the molecule is Cn1c(=O)sc2cc(NC(=O)CN(c3ccc(F)c(Cl)c3)S(C)(=O)=O)ccc21. The van der Waals surface area contributed by atoms with Crippen molar-refractivity contribution in [3.8, 4) is 0 Å². The van der Waals surface area contributed by atoms with Gasteiger partial charge in [-0.3, -0.25) is 13.9 Å². The number of hydrogen-bond donors (Lipinski definition) is 1. The predicted octanol–water partition coefficient (Wildman–Crippen LogP) is 2.80. The Morgan fingerprint density at radius 3 is 2.64 bits per heavy atom. The number of nitrogens with one attached hydrogen (secondary N) is 1. The van der Waals surface area contributed by atoms with E-state index in [9.17, 15) is 22.4 Å². The zero-order valence-corrected chi connectivity index (χ0v) is 17.2. The van der Waals surface area contributed by atoms with Crippen LogP contribution in [0.1, 0.15) is 0 Å². The average molecular weight is 444 g/mol. The number of aryl methyl sites for hydroxylation is 1. The van der Waals surface area contributed by atoms with Crippen molar-refractivity contribution in [3.63, 3.8) is 0 Å². The smallest absolute Gasteiger partial charge is 0.307 e. The molecule has 0 bridgehead atoms. The van der Waals surface area contributed by atoms with Gasteiger partial charge in [0.2, 0.25) is 15.9 Å². The Hall–Kier alpha value is -2.43. The molecule has 3 aromatic rings. The molecule has 0 saturated heterocycles. The van der Waals surface area contributed by atoms with E-state index < -0.39 is 28.3 Å². The van der Waals surface area contributed by atoms with Gasteiger partial charge in [0.05, 0.1) is 27.2 Å². The Labute approximate surface area is 169 Å². The van der Waals surface area contributed by atoms with E-state index in [1.807, 2.05) is 0 Å². The predicted molar refractivity (Wildman–Crippen MR) is 109 cm³/mol. The summed E-state index contributed by atoms with van der Waals surface area (Å²) in [6.45, 7) is -0.524. The fourth-order valence-electron chi connectivity index (χ4n) is 2.58. The molecule has 3 rings (SSSR count). The summed E-state index contributed by atoms with van der Waals surface area (Å²) >= 11 is 6.76. The van der Waals surface area contributed by atoms with Crippen LogP contribution in [0.5, 0.6) is 0 Å². The molecule has 0 radical (unpaired) electrons. The molecule has 148 valence electrons. The molecule has 2 aromatic carbocycles. The minimum atomic E-state index is -3.82. The Kier molecular flexibility index (Phi) is 5.46. The molecule has 28 heavy (non-hydrogen) atoms. The van der Waals surface area contributed by atoms with Crippen LogP contribution in [0.25, 0.3) is 10.2 Å². The summed E-state index contributed by atoms with van der Waals surface area (Å²) in [4.78, 5) is 24.0. The molecular formula is C17H15ClFN3O4S2. The maximum atomic E-state index is 13.4. The largest absolute Gasteiger partial charge is 0.324 e. The normalized spacial score (nSPS) is 11.6. The minimum Gasteiger partial charge on any atom is -0.324 e. The van der Waals surface area contributed by atoms with Gasteiger partial charge in [0.15, 0.2) is 0 Å². The number of thiazole rings is 1. The van der Waals surface area contributed by atoms with E-state index in [2.05, 4.69) is 5.32 Å². The number of hydrogen-bond acceptors (Lipinski definition) is 5. The number of amides is 1. The van der Waals surface area contributed by atoms with E-state index >= 15 is 0 Å². The van der Waals surface area contributed by atoms with Crippen LogP contribution in [0.15, 0.2) is 41.2 Å². The van der Waals surface area contributed by atoms with Crippen molar-refractivity contribution in [2.24, 2.45) is 7.05 Å². The molecule has 0 spiro atoms. The number of fused-ring (bicyclic) bond motifs is 1. The van der Waals surface area contributed by atoms with Gasteiger partial charge in [-0.25, -0.2) is 12.8 Å². The third-order valence-corrected chi connectivity index (χ3v) is 6.38. The summed E-state index contributed by atoms with van der Waals surface area (Å²) in [5.74, 6) is -1.30. The molecule has 0 fully saturated rings. The van der Waals surface area contributed by atoms with E-state index in [0.717, 1.165) is 39.5 Å². The Bertz CT molecular complexity index is 1240. The maximum absolute atomic E-state index is 13.4. The topological polar surface area (TPSA) is 88.5 Å². The van der Waals surface area contributed by atoms with Gasteiger partial charge >= 0.3 is 4.87 Å². The quantitative estimate of drug-likeness (QED) is 0.656. The first-order valence-electron chi connectivity index (χ1n) is 7.88. The van der Waals surface area contributed by atoms with E-state index in [1.165, 1.54) is 10.6 Å². The molecule has 1 aromatic heterocycles. The van der Waals surface area contributed by atoms with Crippen LogP contribution in [-0.2, 0) is 21.9 Å². The molecule has 0 atom stereocenters. The molecular weight excluding hydrogens is 429 g/mol. The van der Waals surface area contributed by atoms with Gasteiger partial charge in [0.1, 0.15) is 12.4 Å². The van der Waals surface area contributed by atoms with Gasteiger partial charge < -0.3 is 9.88 Å². The van der Waals surface area contributed by atoms with Crippen molar-refractivity contribution in [2.45, 2.75) is 0 Å². The van der Waals surface area contributed by atoms with E-state index in [1.54, 1.807) is 25.2 Å². The Morgan fingerprint density at radius 1 is 1.29 bits per heavy atom. The summed E-state index contributed by atoms with van der Waals surface area (Å²) in [7, 11) is -2.17. The van der Waals surface area contributed by atoms with Crippen LogP contribution in [-0.4, -0.2) is 31.7 Å². The van der Waals surface area contributed by atoms with Crippen molar-refractivity contribution in [1.29, 1.82) is 0 Å². The van der Waals surface area contributed by atoms with Gasteiger partial charge in [-0.1, -0.05) is 22.9 Å². The summed E-state index contributed by atoms with van der Waals surface area (Å²) in [6, 6.07) is 8.34. The number of halogens is 2. The highest BCUT2D eigenvalue weighted by Crippen LogP contribution is 2.25. The Morgan fingerprint density at radius 2 is 2.00 bits per heavy atom. The first-order valence-corrected chi connectivity index (χ1v) is 10.9. The van der Waals surface area contributed by atoms with Crippen molar-refractivity contribution in [1.82, 2.24) is 4.57 Å². The fourth-order valence-corrected chi connectivity index (χ4v) is 4.52. The van der Waals surface area contributed by atoms with Crippen molar-refractivity contribution in [3.05, 3.63) is 56.9 Å². The summed E-state index contributed by atoms with van der Waals surface area (Å²) in [6.07, 6.45) is 0.936. The highest BCUT2D eigenvalue weighted by atomic mass is 35.5. The lowest BCUT2D eigenvalue weighted by molar-refractivity contribution is -0.114. The second-order valence-electron chi connectivity index (χ2n) is 6.03. The number of sulfonamides is 1. The van der Waals surface area contributed by atoms with Crippen LogP contribution in [0.2, 0.25) is 5.02 Å². The number of rotatable bonds is 5. The van der Waals surface area contributed by atoms with Gasteiger partial charge in [0.25, 0.3) is 0 Å². The molecule has 0 aliphatic rings. The van der Waals surface area contributed by atoms with Gasteiger partial charge in [-0.15, -0.1) is 0 Å². The maximum Gasteiger partial charge on any atom is 0.307 e. The third-order valence-electron chi connectivity index (χ3n) is 3.95. The van der Waals surface area contributed by atoms with Gasteiger partial charge in [-0.2, -0.15) is 0 Å². The van der Waals surface area contributed by atoms with Crippen LogP contribution in [0, 0.1) is 5.82 Å². The van der Waals surface area contributed by atoms with Crippen LogP contribution in [0.4, 0.5) is 15.8 Å². The van der Waals surface area contributed by atoms with E-state index in [0.29, 0.717) is 10.4 Å². The molecule has 1 N–H and O–H groups in total. The Balaban J connectivity index is 1.84. The molecule has 11 heteroatoms. The number of nitrogens with zero attached hydrogens (tertiary/aromatic N) is 2. The summed E-state index contributed by atoms with van der Waals surface area (Å²) < 4.78 is 40.6. The van der Waals surface area contributed by atoms with E-state index in [-0.39, 0.29) is 15.6 Å². The van der Waals surface area contributed by atoms with Crippen LogP contribution >= 0.6 is 22.9 Å². The van der Waals surface area contributed by atoms with Gasteiger partial charge in [-0.05, 0) is 36.4 Å². The number of benzene rings is 2. The highest BCUT2D eigenvalue weighted by Gasteiger charge is 2.22. The van der Waals surface area contributed by atoms with Crippen LogP contribution in [0.3, 0.4) is 0 Å². The summed E-state index contributed by atoms with van der Waals surface area (Å²) in [5.41, 5.74) is 1.22. The molecule has 0 aliphatic heterocycles. The summed E-state index contributed by atoms with van der Waals surface area (Å²) in [5, 5.41) is 2.35. The number of carbonyl (C=O) groups is 1. The first-order chi connectivity index (χ1) is 13.1. The van der Waals surface area contributed by atoms with Crippen molar-refractivity contribution < 1.29 is 17.6 Å². The fraction of sp³-hybridized carbons (Fsp3) is 0.176. The lowest BCUT2D eigenvalue weighted by atomic mass is 10.3. The molecule has 0 aliphatic carbocycles. The first kappa shape index (κ1) is 20.3. The third kappa shape index (κ3) is 4.18. The molecule has 0 unspecified atom stereocenters. The van der Waals surface area contributed by atoms with E-state index in [4.69, 9.17) is 11.6 Å². The molecule has 7 nitrogen and oxygen atoms in total. The van der Waals surface area contributed by atoms with Crippen LogP contribution < -0.4 is 14.5 Å². The van der Waals surface area contributed by atoms with Gasteiger partial charge in [0, 0.05) is 12.7 Å². The standard InChI is InChI=1S/C17H15ClFN3O4S2/c1-21-14-6-3-10(7-15(14)27-17(21)24)20-16(23)9-22(28(2,25)26)11-4-5-13(19)12(18)8-11/h3-8H,9H2,1-2H3,(H,20,23). The number of carbonyl (C=O) groups excluding carboxylic acids is 1. The zero-order chi connectivity index (χ0) is 20.6. The second kappa shape index (κ2) is 7.53. The lowest BCUT2D eigenvalue weighted by Crippen LogP contribution is -2.37. The second-order valence-corrected chi connectivity index (χ2v) is 9.33. The molecule has 1 heterocycles. The molecule has 0 saturated carbocycles. The lowest BCUT2D eigenvalue weighted by Gasteiger charge is -2.22. The molecule has 1 amide bonds. The minimum absolute atomic E-state index is 0.0702. The highest BCUT2D eigenvalue weighted by molar-refractivity contribution is 7.92. The average Bonchev–Trinajstić information content (AvgIpc) is 2.88. The number of aromatic nitrogens is 1. The zero-order valence-electron chi connectivity index (χ0n) is 14.8. The number of anilines is 2. The monoisotopic (exact) mass is 443 g/mol. The van der Waals surface area contributed by atoms with Crippen molar-refractivity contribution >= 4 is 60.5 Å². The van der Waals surface area contributed by atoms with Crippen molar-refractivity contribution in [2.75, 3.05) is 22.4 Å².